The average Bonchev–Trinajstić information content (AvgIpc) is 2.85. The molecule has 4 aromatic rings. The fourth-order valence-corrected chi connectivity index (χ4v) is 4.41. The smallest absolute Gasteiger partial charge is 0.265 e. The maximum atomic E-state index is 12.9. The number of hydrogen-bond acceptors (Lipinski definition) is 7. The van der Waals surface area contributed by atoms with E-state index in [-0.39, 0.29) is 10.6 Å². The lowest BCUT2D eigenvalue weighted by Crippen LogP contribution is -2.14. The number of hydrogen-bond donors (Lipinski definition) is 2. The third-order valence-electron chi connectivity index (χ3n) is 4.81. The quantitative estimate of drug-likeness (QED) is 0.391. The van der Waals surface area contributed by atoms with Crippen LogP contribution in [0.2, 0.25) is 0 Å². The van der Waals surface area contributed by atoms with Crippen molar-refractivity contribution in [1.82, 2.24) is 9.97 Å². The van der Waals surface area contributed by atoms with E-state index in [1.165, 1.54) is 26.6 Å². The molecule has 168 valence electrons. The van der Waals surface area contributed by atoms with Gasteiger partial charge in [0, 0.05) is 29.1 Å². The first-order valence-electron chi connectivity index (χ1n) is 9.98. The summed E-state index contributed by atoms with van der Waals surface area (Å²) in [6.45, 7) is 0. The second-order valence-corrected chi connectivity index (χ2v) is 8.63. The molecule has 0 aliphatic carbocycles. The second-order valence-electron chi connectivity index (χ2n) is 6.98. The Morgan fingerprint density at radius 1 is 0.788 bits per heavy atom. The Bertz CT molecular complexity index is 1340. The summed E-state index contributed by atoms with van der Waals surface area (Å²) in [5, 5.41) is 3.20. The Hall–Kier alpha value is -4.11. The predicted octanol–water partition coefficient (Wildman–Crippen LogP) is 4.71. The summed E-state index contributed by atoms with van der Waals surface area (Å²) >= 11 is 0. The maximum absolute atomic E-state index is 12.9. The number of nitrogens with one attached hydrogen (secondary N) is 2. The average molecular weight is 463 g/mol. The third kappa shape index (κ3) is 5.21. The number of aromatic nitrogens is 2. The number of sulfonamides is 1. The molecule has 0 aliphatic heterocycles. The van der Waals surface area contributed by atoms with E-state index in [0.29, 0.717) is 17.3 Å². The fourth-order valence-electron chi connectivity index (χ4n) is 3.17. The van der Waals surface area contributed by atoms with E-state index in [4.69, 9.17) is 9.47 Å². The van der Waals surface area contributed by atoms with Crippen molar-refractivity contribution in [1.29, 1.82) is 0 Å². The van der Waals surface area contributed by atoms with E-state index in [2.05, 4.69) is 20.0 Å². The van der Waals surface area contributed by atoms with Crippen molar-refractivity contribution in [2.24, 2.45) is 0 Å². The monoisotopic (exact) mass is 462 g/mol. The van der Waals surface area contributed by atoms with E-state index in [1.54, 1.807) is 36.4 Å². The van der Waals surface area contributed by atoms with Gasteiger partial charge in [0.2, 0.25) is 0 Å². The Balaban J connectivity index is 1.50. The maximum Gasteiger partial charge on any atom is 0.265 e. The lowest BCUT2D eigenvalue weighted by Gasteiger charge is -2.13. The van der Waals surface area contributed by atoms with E-state index in [1.807, 2.05) is 36.4 Å². The van der Waals surface area contributed by atoms with Crippen molar-refractivity contribution in [3.05, 3.63) is 85.2 Å². The number of anilines is 3. The van der Waals surface area contributed by atoms with Gasteiger partial charge in [-0.05, 0) is 36.4 Å². The molecule has 3 aromatic carbocycles. The van der Waals surface area contributed by atoms with Gasteiger partial charge in [0.15, 0.2) is 0 Å². The van der Waals surface area contributed by atoms with Crippen molar-refractivity contribution < 1.29 is 17.9 Å². The van der Waals surface area contributed by atoms with Gasteiger partial charge >= 0.3 is 0 Å². The van der Waals surface area contributed by atoms with Crippen LogP contribution in [-0.4, -0.2) is 32.6 Å². The molecule has 0 bridgehead atoms. The summed E-state index contributed by atoms with van der Waals surface area (Å²) in [6, 6.07) is 23.1. The Kier molecular flexibility index (Phi) is 6.41. The minimum absolute atomic E-state index is 0.0130. The van der Waals surface area contributed by atoms with Crippen molar-refractivity contribution in [2.45, 2.75) is 4.90 Å². The molecule has 0 amide bonds. The zero-order chi connectivity index (χ0) is 23.3. The summed E-state index contributed by atoms with van der Waals surface area (Å²) in [5.74, 6) is 1.26. The highest BCUT2D eigenvalue weighted by Crippen LogP contribution is 2.30. The molecule has 9 heteroatoms. The molecule has 0 atom stereocenters. The Labute approximate surface area is 192 Å². The number of rotatable bonds is 8. The zero-order valence-electron chi connectivity index (χ0n) is 18.0. The van der Waals surface area contributed by atoms with Gasteiger partial charge in [0.25, 0.3) is 10.0 Å². The molecular weight excluding hydrogens is 440 g/mol. The van der Waals surface area contributed by atoms with Crippen LogP contribution in [0.5, 0.6) is 11.5 Å². The molecule has 8 nitrogen and oxygen atoms in total. The van der Waals surface area contributed by atoms with Crippen molar-refractivity contribution in [3.8, 4) is 22.8 Å². The van der Waals surface area contributed by atoms with Crippen LogP contribution in [0.1, 0.15) is 0 Å². The van der Waals surface area contributed by atoms with E-state index in [9.17, 15) is 8.42 Å². The standard InChI is InChI=1S/C24H22N4O4S/c1-31-20-12-13-22(32-2)23(14-20)33(29,30)28-19-10-8-18(9-11-19)27-24-15-21(25-16-26-24)17-6-4-3-5-7-17/h3-16,28H,1-2H3,(H,25,26,27). The van der Waals surface area contributed by atoms with Crippen LogP contribution >= 0.6 is 0 Å². The second kappa shape index (κ2) is 9.58. The molecule has 0 unspecified atom stereocenters. The van der Waals surface area contributed by atoms with Crippen LogP contribution in [0.3, 0.4) is 0 Å². The highest BCUT2D eigenvalue weighted by Gasteiger charge is 2.20. The van der Waals surface area contributed by atoms with E-state index < -0.39 is 10.0 Å². The first-order valence-corrected chi connectivity index (χ1v) is 11.5. The van der Waals surface area contributed by atoms with Gasteiger partial charge in [0.05, 0.1) is 19.9 Å². The topological polar surface area (TPSA) is 102 Å². The lowest BCUT2D eigenvalue weighted by molar-refractivity contribution is 0.392. The molecule has 1 heterocycles. The van der Waals surface area contributed by atoms with Crippen molar-refractivity contribution in [3.63, 3.8) is 0 Å². The molecule has 4 rings (SSSR count). The fraction of sp³-hybridized carbons (Fsp3) is 0.0833. The summed E-state index contributed by atoms with van der Waals surface area (Å²) in [7, 11) is -1.01. The van der Waals surface area contributed by atoms with Gasteiger partial charge in [-0.25, -0.2) is 18.4 Å². The molecule has 0 aliphatic rings. The van der Waals surface area contributed by atoms with Gasteiger partial charge in [-0.2, -0.15) is 0 Å². The molecule has 0 fully saturated rings. The first kappa shape index (κ1) is 22.1. The molecular formula is C24H22N4O4S. The number of methoxy groups -OCH3 is 2. The zero-order valence-corrected chi connectivity index (χ0v) is 18.8. The van der Waals surface area contributed by atoms with Gasteiger partial charge in [-0.15, -0.1) is 0 Å². The SMILES string of the molecule is COc1ccc(OC)c(S(=O)(=O)Nc2ccc(Nc3cc(-c4ccccc4)ncn3)cc2)c1. The van der Waals surface area contributed by atoms with Crippen LogP contribution in [0, 0.1) is 0 Å². The van der Waals surface area contributed by atoms with Gasteiger partial charge < -0.3 is 14.8 Å². The van der Waals surface area contributed by atoms with Crippen LogP contribution in [-0.2, 0) is 10.0 Å². The number of benzene rings is 3. The Morgan fingerprint density at radius 2 is 1.52 bits per heavy atom. The van der Waals surface area contributed by atoms with E-state index in [0.717, 1.165) is 16.9 Å². The predicted molar refractivity (Wildman–Crippen MR) is 128 cm³/mol. The molecule has 33 heavy (non-hydrogen) atoms. The van der Waals surface area contributed by atoms with Crippen LogP contribution in [0.25, 0.3) is 11.3 Å². The summed E-state index contributed by atoms with van der Waals surface area (Å²) in [5.41, 5.74) is 2.93. The Morgan fingerprint density at radius 3 is 2.21 bits per heavy atom. The summed E-state index contributed by atoms with van der Waals surface area (Å²) in [4.78, 5) is 8.56. The minimum Gasteiger partial charge on any atom is -0.497 e. The largest absolute Gasteiger partial charge is 0.497 e. The highest BCUT2D eigenvalue weighted by molar-refractivity contribution is 7.92. The third-order valence-corrected chi connectivity index (χ3v) is 6.21. The normalized spacial score (nSPS) is 11.0. The summed E-state index contributed by atoms with van der Waals surface area (Å²) in [6.07, 6.45) is 1.49. The summed E-state index contributed by atoms with van der Waals surface area (Å²) < 4.78 is 38.7. The molecule has 0 saturated heterocycles. The van der Waals surface area contributed by atoms with E-state index >= 15 is 0 Å². The van der Waals surface area contributed by atoms with Crippen molar-refractivity contribution in [2.75, 3.05) is 24.3 Å². The molecule has 0 radical (unpaired) electrons. The number of ether oxygens (including phenoxy) is 2. The molecule has 2 N–H and O–H groups in total. The van der Waals surface area contributed by atoms with Crippen LogP contribution in [0.4, 0.5) is 17.2 Å². The van der Waals surface area contributed by atoms with Crippen LogP contribution < -0.4 is 19.5 Å². The van der Waals surface area contributed by atoms with Gasteiger partial charge in [-0.3, -0.25) is 4.72 Å². The highest BCUT2D eigenvalue weighted by atomic mass is 32.2. The number of nitrogens with zero attached hydrogens (tertiary/aromatic N) is 2. The minimum atomic E-state index is -3.89. The first-order chi connectivity index (χ1) is 16.0. The van der Waals surface area contributed by atoms with Crippen molar-refractivity contribution >= 4 is 27.2 Å². The molecule has 1 aromatic heterocycles. The molecule has 0 saturated carbocycles. The van der Waals surface area contributed by atoms with Gasteiger partial charge in [-0.1, -0.05) is 30.3 Å². The van der Waals surface area contributed by atoms with Gasteiger partial charge in [0.1, 0.15) is 28.5 Å². The van der Waals surface area contributed by atoms with Crippen LogP contribution in [0.15, 0.2) is 90.1 Å². The lowest BCUT2D eigenvalue weighted by atomic mass is 10.1. The molecule has 0 spiro atoms.